The maximum Gasteiger partial charge on any atom is 0.260 e. The lowest BCUT2D eigenvalue weighted by Gasteiger charge is -2.34. The molecule has 0 bridgehead atoms. The van der Waals surface area contributed by atoms with Gasteiger partial charge >= 0.3 is 0 Å². The van der Waals surface area contributed by atoms with Crippen molar-refractivity contribution >= 4 is 16.8 Å². The second-order valence-corrected chi connectivity index (χ2v) is 7.03. The van der Waals surface area contributed by atoms with Crippen LogP contribution in [0.4, 0.5) is 0 Å². The highest BCUT2D eigenvalue weighted by Gasteiger charge is 2.22. The van der Waals surface area contributed by atoms with Crippen LogP contribution in [0.15, 0.2) is 54.6 Å². The Hall–Kier alpha value is -2.79. The Bertz CT molecular complexity index is 912. The van der Waals surface area contributed by atoms with Crippen LogP contribution in [0, 0.1) is 6.92 Å². The summed E-state index contributed by atoms with van der Waals surface area (Å²) in [6, 6.07) is 17.9. The highest BCUT2D eigenvalue weighted by atomic mass is 16.5. The lowest BCUT2D eigenvalue weighted by molar-refractivity contribution is -0.135. The Morgan fingerprint density at radius 2 is 1.70 bits per heavy atom. The molecule has 0 radical (unpaired) electrons. The molecule has 3 aromatic rings. The maximum absolute atomic E-state index is 12.4. The monoisotopic (exact) mass is 363 g/mol. The van der Waals surface area contributed by atoms with Crippen LogP contribution in [0.5, 0.6) is 5.75 Å². The Morgan fingerprint density at radius 3 is 2.48 bits per heavy atom. The van der Waals surface area contributed by atoms with Gasteiger partial charge in [0.05, 0.1) is 0 Å². The summed E-state index contributed by atoms with van der Waals surface area (Å²) in [5.41, 5.74) is 3.78. The van der Waals surface area contributed by atoms with Crippen LogP contribution in [0.1, 0.15) is 11.3 Å². The van der Waals surface area contributed by atoms with Crippen molar-refractivity contribution in [2.24, 2.45) is 0 Å². The molecule has 2 aromatic carbocycles. The third-order valence-electron chi connectivity index (χ3n) is 5.24. The molecule has 5 heteroatoms. The molecule has 1 aromatic heterocycles. The summed E-state index contributed by atoms with van der Waals surface area (Å²) in [6.07, 6.45) is 0. The fraction of sp³-hybridized carbons (Fsp3) is 0.318. The second-order valence-electron chi connectivity index (χ2n) is 7.03. The minimum atomic E-state index is 0.0572. The molecule has 1 amide bonds. The fourth-order valence-corrected chi connectivity index (χ4v) is 3.67. The summed E-state index contributed by atoms with van der Waals surface area (Å²) in [5, 5.41) is 1.30. The minimum absolute atomic E-state index is 0.0572. The van der Waals surface area contributed by atoms with Crippen molar-refractivity contribution in [3.8, 4) is 5.75 Å². The number of hydrogen-bond acceptors (Lipinski definition) is 3. The van der Waals surface area contributed by atoms with Gasteiger partial charge in [-0.3, -0.25) is 9.69 Å². The SMILES string of the molecule is Cc1[nH]c2ccccc2c1CN1CCN(C(=O)COc2ccccc2)CC1. The van der Waals surface area contributed by atoms with Crippen molar-refractivity contribution in [2.45, 2.75) is 13.5 Å². The number of ether oxygens (including phenoxy) is 1. The van der Waals surface area contributed by atoms with Crippen molar-refractivity contribution in [2.75, 3.05) is 32.8 Å². The first-order valence-electron chi connectivity index (χ1n) is 9.45. The average Bonchev–Trinajstić information content (AvgIpc) is 3.03. The molecule has 2 heterocycles. The molecule has 0 spiro atoms. The molecule has 1 fully saturated rings. The van der Waals surface area contributed by atoms with E-state index in [4.69, 9.17) is 4.74 Å². The van der Waals surface area contributed by atoms with E-state index >= 15 is 0 Å². The van der Waals surface area contributed by atoms with Crippen LogP contribution in [0.25, 0.3) is 10.9 Å². The molecular formula is C22H25N3O2. The molecule has 0 aliphatic carbocycles. The number of H-pyrrole nitrogens is 1. The summed E-state index contributed by atoms with van der Waals surface area (Å²) >= 11 is 0. The van der Waals surface area contributed by atoms with Crippen LogP contribution in [0.3, 0.4) is 0 Å². The number of para-hydroxylation sites is 2. The smallest absolute Gasteiger partial charge is 0.260 e. The maximum atomic E-state index is 12.4. The van der Waals surface area contributed by atoms with Gasteiger partial charge < -0.3 is 14.6 Å². The lowest BCUT2D eigenvalue weighted by Crippen LogP contribution is -2.49. The van der Waals surface area contributed by atoms with E-state index in [1.807, 2.05) is 35.2 Å². The van der Waals surface area contributed by atoms with E-state index in [2.05, 4.69) is 41.1 Å². The summed E-state index contributed by atoms with van der Waals surface area (Å²) in [4.78, 5) is 20.2. The number of aromatic nitrogens is 1. The average molecular weight is 363 g/mol. The minimum Gasteiger partial charge on any atom is -0.484 e. The van der Waals surface area contributed by atoms with Crippen molar-refractivity contribution in [1.29, 1.82) is 0 Å². The molecule has 1 aliphatic rings. The molecular weight excluding hydrogens is 338 g/mol. The summed E-state index contributed by atoms with van der Waals surface area (Å²) in [7, 11) is 0. The number of benzene rings is 2. The topological polar surface area (TPSA) is 48.6 Å². The van der Waals surface area contributed by atoms with Gasteiger partial charge in [-0.2, -0.15) is 0 Å². The highest BCUT2D eigenvalue weighted by molar-refractivity contribution is 5.84. The highest BCUT2D eigenvalue weighted by Crippen LogP contribution is 2.23. The zero-order chi connectivity index (χ0) is 18.6. The van der Waals surface area contributed by atoms with Gasteiger partial charge in [0, 0.05) is 49.3 Å². The first-order valence-corrected chi connectivity index (χ1v) is 9.45. The Balaban J connectivity index is 1.31. The normalized spacial score (nSPS) is 15.2. The van der Waals surface area contributed by atoms with Gasteiger partial charge in [-0.25, -0.2) is 0 Å². The number of amides is 1. The largest absolute Gasteiger partial charge is 0.484 e. The number of aromatic amines is 1. The predicted octanol–water partition coefficient (Wildman–Crippen LogP) is 3.20. The number of nitrogens with one attached hydrogen (secondary N) is 1. The molecule has 4 rings (SSSR count). The predicted molar refractivity (Wildman–Crippen MR) is 107 cm³/mol. The van der Waals surface area contributed by atoms with Gasteiger partial charge in [0.25, 0.3) is 5.91 Å². The number of hydrogen-bond donors (Lipinski definition) is 1. The molecule has 0 atom stereocenters. The zero-order valence-electron chi connectivity index (χ0n) is 15.6. The number of rotatable bonds is 5. The molecule has 1 saturated heterocycles. The molecule has 1 aliphatic heterocycles. The Labute approximate surface area is 159 Å². The number of nitrogens with zero attached hydrogens (tertiary/aromatic N) is 2. The lowest BCUT2D eigenvalue weighted by atomic mass is 10.1. The van der Waals surface area contributed by atoms with E-state index in [0.717, 1.165) is 38.5 Å². The quantitative estimate of drug-likeness (QED) is 0.757. The van der Waals surface area contributed by atoms with Crippen LogP contribution < -0.4 is 4.74 Å². The number of fused-ring (bicyclic) bond motifs is 1. The number of piperazine rings is 1. The van der Waals surface area contributed by atoms with Crippen LogP contribution in [0.2, 0.25) is 0 Å². The van der Waals surface area contributed by atoms with Crippen LogP contribution in [-0.4, -0.2) is 53.5 Å². The van der Waals surface area contributed by atoms with Gasteiger partial charge in [0.1, 0.15) is 5.75 Å². The van der Waals surface area contributed by atoms with E-state index in [9.17, 15) is 4.79 Å². The standard InChI is InChI=1S/C22H25N3O2/c1-17-20(19-9-5-6-10-21(19)23-17)15-24-11-13-25(14-12-24)22(26)16-27-18-7-3-2-4-8-18/h2-10,23H,11-16H2,1H3. The molecule has 140 valence electrons. The third kappa shape index (κ3) is 3.98. The van der Waals surface area contributed by atoms with Gasteiger partial charge in [-0.05, 0) is 30.7 Å². The molecule has 0 saturated carbocycles. The van der Waals surface area contributed by atoms with Crippen molar-refractivity contribution in [3.05, 3.63) is 65.9 Å². The van der Waals surface area contributed by atoms with Crippen molar-refractivity contribution in [3.63, 3.8) is 0 Å². The molecule has 27 heavy (non-hydrogen) atoms. The summed E-state index contributed by atoms with van der Waals surface area (Å²) < 4.78 is 5.59. The van der Waals surface area contributed by atoms with Gasteiger partial charge in [0.15, 0.2) is 6.61 Å². The van der Waals surface area contributed by atoms with E-state index < -0.39 is 0 Å². The number of carbonyl (C=O) groups is 1. The first kappa shape index (κ1) is 17.6. The van der Waals surface area contributed by atoms with Gasteiger partial charge in [0.2, 0.25) is 0 Å². The van der Waals surface area contributed by atoms with E-state index in [1.165, 1.54) is 22.2 Å². The molecule has 0 unspecified atom stereocenters. The Morgan fingerprint density at radius 1 is 1.00 bits per heavy atom. The zero-order valence-corrected chi connectivity index (χ0v) is 15.6. The van der Waals surface area contributed by atoms with Crippen LogP contribution >= 0.6 is 0 Å². The summed E-state index contributed by atoms with van der Waals surface area (Å²) in [6.45, 7) is 6.42. The van der Waals surface area contributed by atoms with E-state index in [1.54, 1.807) is 0 Å². The van der Waals surface area contributed by atoms with Gasteiger partial charge in [-0.1, -0.05) is 36.4 Å². The Kier molecular flexibility index (Phi) is 5.12. The molecule has 5 nitrogen and oxygen atoms in total. The summed E-state index contributed by atoms with van der Waals surface area (Å²) in [5.74, 6) is 0.793. The van der Waals surface area contributed by atoms with Crippen LogP contribution in [-0.2, 0) is 11.3 Å². The number of aryl methyl sites for hydroxylation is 1. The van der Waals surface area contributed by atoms with Gasteiger partial charge in [-0.15, -0.1) is 0 Å². The fourth-order valence-electron chi connectivity index (χ4n) is 3.67. The molecule has 1 N–H and O–H groups in total. The van der Waals surface area contributed by atoms with Crippen molar-refractivity contribution in [1.82, 2.24) is 14.8 Å². The number of carbonyl (C=O) groups excluding carboxylic acids is 1. The second kappa shape index (κ2) is 7.84. The first-order chi connectivity index (χ1) is 13.2. The van der Waals surface area contributed by atoms with Crippen molar-refractivity contribution < 1.29 is 9.53 Å². The van der Waals surface area contributed by atoms with E-state index in [-0.39, 0.29) is 12.5 Å². The third-order valence-corrected chi connectivity index (χ3v) is 5.24. The van der Waals surface area contributed by atoms with E-state index in [0.29, 0.717) is 0 Å².